The number of nitrogens with one attached hydrogen (secondary N) is 1. The van der Waals surface area contributed by atoms with Crippen LogP contribution in [0.1, 0.15) is 18.1 Å². The van der Waals surface area contributed by atoms with Gasteiger partial charge in [-0.05, 0) is 44.0 Å². The summed E-state index contributed by atoms with van der Waals surface area (Å²) in [6.07, 6.45) is 0.879. The summed E-state index contributed by atoms with van der Waals surface area (Å²) < 4.78 is 10.0. The van der Waals surface area contributed by atoms with Crippen LogP contribution in [0.4, 0.5) is 0 Å². The van der Waals surface area contributed by atoms with E-state index in [9.17, 15) is 4.79 Å². The maximum atomic E-state index is 10.9. The van der Waals surface area contributed by atoms with Gasteiger partial charge in [-0.3, -0.25) is 4.79 Å². The lowest BCUT2D eigenvalue weighted by atomic mass is 10.1. The summed E-state index contributed by atoms with van der Waals surface area (Å²) >= 11 is 0. The Hall–Kier alpha value is -1.55. The molecular formula is C14H21NO3. The average molecular weight is 251 g/mol. The molecule has 1 N–H and O–H groups in total. The molecule has 0 heterocycles. The molecule has 4 heteroatoms. The van der Waals surface area contributed by atoms with Gasteiger partial charge in [-0.1, -0.05) is 12.1 Å². The first kappa shape index (κ1) is 14.5. The molecule has 0 spiro atoms. The van der Waals surface area contributed by atoms with E-state index in [-0.39, 0.29) is 12.5 Å². The van der Waals surface area contributed by atoms with Crippen molar-refractivity contribution < 1.29 is 14.3 Å². The smallest absolute Gasteiger partial charge is 0.319 e. The lowest BCUT2D eigenvalue weighted by Gasteiger charge is -2.09. The number of benzene rings is 1. The van der Waals surface area contributed by atoms with E-state index in [1.54, 1.807) is 0 Å². The number of aryl methyl sites for hydroxylation is 1. The fraction of sp³-hybridized carbons (Fsp3) is 0.500. The number of carbonyl (C=O) groups excluding carboxylic acids is 1. The standard InChI is InChI=1S/C14H21NO3/c1-4-18-13-6-5-12(9-11(13)2)7-8-15-10-14(16)17-3/h5-6,9,15H,4,7-8,10H2,1-3H3. The summed E-state index contributed by atoms with van der Waals surface area (Å²) in [5, 5.41) is 3.04. The lowest BCUT2D eigenvalue weighted by Crippen LogP contribution is -2.25. The minimum absolute atomic E-state index is 0.238. The average Bonchev–Trinajstić information content (AvgIpc) is 2.37. The highest BCUT2D eigenvalue weighted by molar-refractivity contribution is 5.71. The number of rotatable bonds is 7. The number of esters is 1. The maximum Gasteiger partial charge on any atom is 0.319 e. The molecule has 0 aliphatic rings. The zero-order valence-corrected chi connectivity index (χ0v) is 11.3. The van der Waals surface area contributed by atoms with Gasteiger partial charge < -0.3 is 14.8 Å². The Balaban J connectivity index is 2.39. The van der Waals surface area contributed by atoms with E-state index < -0.39 is 0 Å². The van der Waals surface area contributed by atoms with Crippen molar-refractivity contribution in [2.24, 2.45) is 0 Å². The van der Waals surface area contributed by atoms with Crippen LogP contribution in [0, 0.1) is 6.92 Å². The summed E-state index contributed by atoms with van der Waals surface area (Å²) in [7, 11) is 1.39. The second-order valence-electron chi connectivity index (χ2n) is 4.04. The molecule has 1 aromatic carbocycles. The fourth-order valence-corrected chi connectivity index (χ4v) is 1.68. The van der Waals surface area contributed by atoms with Gasteiger partial charge in [0.25, 0.3) is 0 Å². The monoisotopic (exact) mass is 251 g/mol. The van der Waals surface area contributed by atoms with Crippen LogP contribution >= 0.6 is 0 Å². The molecule has 0 atom stereocenters. The highest BCUT2D eigenvalue weighted by Gasteiger charge is 2.02. The highest BCUT2D eigenvalue weighted by Crippen LogP contribution is 2.19. The van der Waals surface area contributed by atoms with Crippen LogP contribution in [0.15, 0.2) is 18.2 Å². The second kappa shape index (κ2) is 7.71. The predicted octanol–water partition coefficient (Wildman–Crippen LogP) is 1.70. The van der Waals surface area contributed by atoms with Crippen molar-refractivity contribution in [2.45, 2.75) is 20.3 Å². The Bertz CT molecular complexity index is 391. The van der Waals surface area contributed by atoms with Gasteiger partial charge >= 0.3 is 5.97 Å². The quantitative estimate of drug-likeness (QED) is 0.592. The van der Waals surface area contributed by atoms with Gasteiger partial charge in [0, 0.05) is 0 Å². The molecule has 0 fully saturated rings. The highest BCUT2D eigenvalue weighted by atomic mass is 16.5. The first-order valence-corrected chi connectivity index (χ1v) is 6.17. The minimum Gasteiger partial charge on any atom is -0.494 e. The Morgan fingerprint density at radius 1 is 1.39 bits per heavy atom. The molecule has 1 aromatic rings. The summed E-state index contributed by atoms with van der Waals surface area (Å²) in [6.45, 7) is 5.70. The van der Waals surface area contributed by atoms with E-state index >= 15 is 0 Å². The molecule has 100 valence electrons. The molecule has 0 amide bonds. The third-order valence-electron chi connectivity index (χ3n) is 2.63. The van der Waals surface area contributed by atoms with Crippen molar-refractivity contribution in [2.75, 3.05) is 26.8 Å². The van der Waals surface area contributed by atoms with Crippen LogP contribution in [-0.4, -0.2) is 32.8 Å². The molecule has 0 saturated carbocycles. The van der Waals surface area contributed by atoms with Crippen LogP contribution < -0.4 is 10.1 Å². The van der Waals surface area contributed by atoms with Gasteiger partial charge in [-0.25, -0.2) is 0 Å². The molecule has 0 bridgehead atoms. The maximum absolute atomic E-state index is 10.9. The van der Waals surface area contributed by atoms with Crippen molar-refractivity contribution in [3.05, 3.63) is 29.3 Å². The minimum atomic E-state index is -0.238. The molecule has 0 saturated heterocycles. The largest absolute Gasteiger partial charge is 0.494 e. The summed E-state index contributed by atoms with van der Waals surface area (Å²) in [5.41, 5.74) is 2.37. The molecule has 4 nitrogen and oxygen atoms in total. The third-order valence-corrected chi connectivity index (χ3v) is 2.63. The first-order valence-electron chi connectivity index (χ1n) is 6.17. The van der Waals surface area contributed by atoms with E-state index in [4.69, 9.17) is 4.74 Å². The van der Waals surface area contributed by atoms with E-state index in [0.717, 1.165) is 24.3 Å². The zero-order chi connectivity index (χ0) is 13.4. The molecule has 1 rings (SSSR count). The van der Waals surface area contributed by atoms with Gasteiger partial charge in [0.1, 0.15) is 5.75 Å². The van der Waals surface area contributed by atoms with E-state index in [2.05, 4.69) is 22.2 Å². The predicted molar refractivity (Wildman–Crippen MR) is 70.9 cm³/mol. The van der Waals surface area contributed by atoms with Crippen LogP contribution in [0.2, 0.25) is 0 Å². The van der Waals surface area contributed by atoms with Crippen LogP contribution in [0.5, 0.6) is 5.75 Å². The van der Waals surface area contributed by atoms with Gasteiger partial charge in [0.2, 0.25) is 0 Å². The Morgan fingerprint density at radius 2 is 2.17 bits per heavy atom. The van der Waals surface area contributed by atoms with Crippen LogP contribution in [-0.2, 0) is 16.0 Å². The molecule has 0 aromatic heterocycles. The Kier molecular flexibility index (Phi) is 6.22. The normalized spacial score (nSPS) is 10.2. The summed E-state index contributed by atoms with van der Waals surface area (Å²) in [6, 6.07) is 6.16. The third kappa shape index (κ3) is 4.75. The van der Waals surface area contributed by atoms with E-state index in [1.165, 1.54) is 12.7 Å². The zero-order valence-electron chi connectivity index (χ0n) is 11.3. The van der Waals surface area contributed by atoms with Crippen LogP contribution in [0.25, 0.3) is 0 Å². The number of hydrogen-bond donors (Lipinski definition) is 1. The second-order valence-corrected chi connectivity index (χ2v) is 4.04. The molecule has 18 heavy (non-hydrogen) atoms. The summed E-state index contributed by atoms with van der Waals surface area (Å²) in [4.78, 5) is 10.9. The Labute approximate surface area is 108 Å². The molecule has 0 aliphatic carbocycles. The number of carbonyl (C=O) groups is 1. The van der Waals surface area contributed by atoms with Crippen molar-refractivity contribution in [3.63, 3.8) is 0 Å². The SMILES string of the molecule is CCOc1ccc(CCNCC(=O)OC)cc1C. The number of ether oxygens (including phenoxy) is 2. The van der Waals surface area contributed by atoms with E-state index in [1.807, 2.05) is 19.9 Å². The van der Waals surface area contributed by atoms with Crippen molar-refractivity contribution >= 4 is 5.97 Å². The molecule has 0 unspecified atom stereocenters. The van der Waals surface area contributed by atoms with Crippen molar-refractivity contribution in [3.8, 4) is 5.75 Å². The summed E-state index contributed by atoms with van der Waals surface area (Å²) in [5.74, 6) is 0.696. The van der Waals surface area contributed by atoms with Crippen molar-refractivity contribution in [1.29, 1.82) is 0 Å². The molecule has 0 radical (unpaired) electrons. The van der Waals surface area contributed by atoms with Gasteiger partial charge in [-0.2, -0.15) is 0 Å². The lowest BCUT2D eigenvalue weighted by molar-refractivity contribution is -0.139. The van der Waals surface area contributed by atoms with Gasteiger partial charge in [-0.15, -0.1) is 0 Å². The van der Waals surface area contributed by atoms with Crippen molar-refractivity contribution in [1.82, 2.24) is 5.32 Å². The van der Waals surface area contributed by atoms with Gasteiger partial charge in [0.05, 0.1) is 20.3 Å². The van der Waals surface area contributed by atoms with E-state index in [0.29, 0.717) is 6.61 Å². The van der Waals surface area contributed by atoms with Crippen LogP contribution in [0.3, 0.4) is 0 Å². The molecule has 0 aliphatic heterocycles. The first-order chi connectivity index (χ1) is 8.67. The molecular weight excluding hydrogens is 230 g/mol. The Morgan fingerprint density at radius 3 is 2.78 bits per heavy atom. The number of hydrogen-bond acceptors (Lipinski definition) is 4. The van der Waals surface area contributed by atoms with Gasteiger partial charge in [0.15, 0.2) is 0 Å². The number of methoxy groups -OCH3 is 1. The fourth-order valence-electron chi connectivity index (χ4n) is 1.68. The topological polar surface area (TPSA) is 47.6 Å².